The Balaban J connectivity index is 0.000000985. The van der Waals surface area contributed by atoms with E-state index in [0.717, 1.165) is 22.5 Å². The number of fused-ring (bicyclic) bond motifs is 10. The summed E-state index contributed by atoms with van der Waals surface area (Å²) in [6, 6.07) is 69.4. The van der Waals surface area contributed by atoms with E-state index in [1.807, 2.05) is 33.8 Å². The van der Waals surface area contributed by atoms with Gasteiger partial charge in [-0.25, -0.2) is 0 Å². The Bertz CT molecular complexity index is 3720. The average molecular weight is 849 g/mol. The average Bonchev–Trinajstić information content (AvgIpc) is 4.01. The van der Waals surface area contributed by atoms with Crippen LogP contribution in [0.3, 0.4) is 0 Å². The van der Waals surface area contributed by atoms with Gasteiger partial charge in [-0.15, -0.1) is 6.58 Å². The zero-order chi connectivity index (χ0) is 45.3. The summed E-state index contributed by atoms with van der Waals surface area (Å²) >= 11 is 0. The Kier molecular flexibility index (Phi) is 11.2. The van der Waals surface area contributed by atoms with Gasteiger partial charge < -0.3 is 9.13 Å². The second-order valence-corrected chi connectivity index (χ2v) is 16.5. The van der Waals surface area contributed by atoms with Gasteiger partial charge in [-0.3, -0.25) is 0 Å². The number of para-hydroxylation sites is 1. The molecule has 0 radical (unpaired) electrons. The summed E-state index contributed by atoms with van der Waals surface area (Å²) in [6.07, 6.45) is 9.96. The van der Waals surface area contributed by atoms with Crippen LogP contribution in [-0.2, 0) is 0 Å². The topological polar surface area (TPSA) is 9.86 Å². The molecule has 0 aliphatic heterocycles. The van der Waals surface area contributed by atoms with Crippen molar-refractivity contribution in [3.8, 4) is 55.9 Å². The molecule has 0 bridgehead atoms. The van der Waals surface area contributed by atoms with Gasteiger partial charge >= 0.3 is 0 Å². The van der Waals surface area contributed by atoms with Crippen molar-refractivity contribution in [3.05, 3.63) is 237 Å². The van der Waals surface area contributed by atoms with Crippen molar-refractivity contribution in [3.63, 3.8) is 0 Å². The minimum atomic E-state index is 1.09. The van der Waals surface area contributed by atoms with Crippen LogP contribution < -0.4 is 0 Å². The molecule has 0 amide bonds. The lowest BCUT2D eigenvalue weighted by atomic mass is 9.96. The Labute approximate surface area is 388 Å². The van der Waals surface area contributed by atoms with Gasteiger partial charge in [-0.2, -0.15) is 0 Å². The van der Waals surface area contributed by atoms with Gasteiger partial charge in [0.25, 0.3) is 0 Å². The van der Waals surface area contributed by atoms with E-state index in [-0.39, 0.29) is 0 Å². The van der Waals surface area contributed by atoms with Crippen molar-refractivity contribution in [2.45, 2.75) is 27.7 Å². The molecule has 11 aromatic rings. The van der Waals surface area contributed by atoms with Crippen LogP contribution in [0.5, 0.6) is 0 Å². The maximum absolute atomic E-state index is 4.16. The molecule has 318 valence electrons. The fourth-order valence-electron chi connectivity index (χ4n) is 10.0. The first-order chi connectivity index (χ1) is 32.6. The van der Waals surface area contributed by atoms with Gasteiger partial charge in [0.2, 0.25) is 0 Å². The molecule has 9 aromatic carbocycles. The van der Waals surface area contributed by atoms with Crippen LogP contribution in [0.15, 0.2) is 232 Å². The van der Waals surface area contributed by atoms with Crippen LogP contribution in [0.4, 0.5) is 0 Å². The standard InChI is InChI=1S/C59H40N2.C3H6.C2H6/c1-3-5-16-38(4-2)40-19-13-22-45(33-40)61-56-32-30-43(36-53(56)59-50-27-15-26-49-46-23-9-10-24-47(46)52(58(49)50)37-57(59)61)42-29-31-55-51(35-42)48-25-11-12-28-54(48)60(55)44-21-14-20-41(34-44)39-17-7-6-8-18-39;1-3-2;1-2/h3-37H,2H2,1H3;3H,1H2,2H3;1-2H3/b5-3-,38-16+;;. The monoisotopic (exact) mass is 848 g/mol. The molecule has 2 heteroatoms. The fraction of sp³-hybridized carbons (Fsp3) is 0.0625. The largest absolute Gasteiger partial charge is 0.309 e. The number of aromatic nitrogens is 2. The smallest absolute Gasteiger partial charge is 0.0553 e. The maximum Gasteiger partial charge on any atom is 0.0553 e. The number of hydrogen-bond acceptors (Lipinski definition) is 0. The normalized spacial score (nSPS) is 11.8. The number of nitrogens with zero attached hydrogens (tertiary/aromatic N) is 2. The molecule has 0 unspecified atom stereocenters. The summed E-state index contributed by atoms with van der Waals surface area (Å²) in [5.74, 6) is 0. The molecule has 1 aliphatic rings. The van der Waals surface area contributed by atoms with Crippen LogP contribution in [0.25, 0.3) is 116 Å². The third-order valence-electron chi connectivity index (χ3n) is 12.7. The molecule has 12 rings (SSSR count). The van der Waals surface area contributed by atoms with Crippen molar-refractivity contribution in [2.24, 2.45) is 0 Å². The van der Waals surface area contributed by atoms with E-state index in [0.29, 0.717) is 0 Å². The molecule has 2 nitrogen and oxygen atoms in total. The highest BCUT2D eigenvalue weighted by Gasteiger charge is 2.26. The minimum absolute atomic E-state index is 1.09. The summed E-state index contributed by atoms with van der Waals surface area (Å²) in [6.45, 7) is 15.5. The van der Waals surface area contributed by atoms with E-state index < -0.39 is 0 Å². The van der Waals surface area contributed by atoms with E-state index in [1.165, 1.54) is 98.9 Å². The molecular formula is C64H52N2. The van der Waals surface area contributed by atoms with Crippen molar-refractivity contribution >= 4 is 60.0 Å². The Morgan fingerprint density at radius 1 is 0.409 bits per heavy atom. The summed E-state index contributed by atoms with van der Waals surface area (Å²) < 4.78 is 4.89. The van der Waals surface area contributed by atoms with Crippen LogP contribution >= 0.6 is 0 Å². The first-order valence-corrected chi connectivity index (χ1v) is 23.1. The van der Waals surface area contributed by atoms with E-state index in [2.05, 4.69) is 229 Å². The van der Waals surface area contributed by atoms with Gasteiger partial charge in [0.1, 0.15) is 0 Å². The van der Waals surface area contributed by atoms with Crippen molar-refractivity contribution in [1.82, 2.24) is 9.13 Å². The van der Waals surface area contributed by atoms with Gasteiger partial charge in [0.05, 0.1) is 22.1 Å². The highest BCUT2D eigenvalue weighted by atomic mass is 15.0. The van der Waals surface area contributed by atoms with Crippen LogP contribution in [-0.4, -0.2) is 9.13 Å². The van der Waals surface area contributed by atoms with E-state index in [1.54, 1.807) is 6.08 Å². The highest BCUT2D eigenvalue weighted by molar-refractivity contribution is 6.29. The molecule has 0 atom stereocenters. The first kappa shape index (κ1) is 41.8. The summed E-state index contributed by atoms with van der Waals surface area (Å²) in [5.41, 5.74) is 19.3. The van der Waals surface area contributed by atoms with Gasteiger partial charge in [0, 0.05) is 32.9 Å². The van der Waals surface area contributed by atoms with E-state index >= 15 is 0 Å². The second kappa shape index (κ2) is 17.8. The zero-order valence-corrected chi connectivity index (χ0v) is 38.1. The summed E-state index contributed by atoms with van der Waals surface area (Å²) in [5, 5.41) is 7.63. The third-order valence-corrected chi connectivity index (χ3v) is 12.7. The zero-order valence-electron chi connectivity index (χ0n) is 38.1. The van der Waals surface area contributed by atoms with Crippen LogP contribution in [0, 0.1) is 0 Å². The third kappa shape index (κ3) is 6.90. The molecule has 2 heterocycles. The predicted molar refractivity (Wildman–Crippen MR) is 288 cm³/mol. The van der Waals surface area contributed by atoms with Gasteiger partial charge in [-0.1, -0.05) is 178 Å². The number of allylic oxidation sites excluding steroid dienone is 6. The lowest BCUT2D eigenvalue weighted by Gasteiger charge is -2.12. The highest BCUT2D eigenvalue weighted by Crippen LogP contribution is 2.51. The number of benzene rings is 9. The first-order valence-electron chi connectivity index (χ1n) is 23.1. The number of rotatable bonds is 7. The lowest BCUT2D eigenvalue weighted by Crippen LogP contribution is -1.95. The molecule has 0 N–H and O–H groups in total. The molecule has 0 spiro atoms. The van der Waals surface area contributed by atoms with Crippen molar-refractivity contribution in [2.75, 3.05) is 0 Å². The maximum atomic E-state index is 4.16. The SMILES string of the molecule is C=C/C(=C\C=C/C)c1cccc(-n2c3ccc(-c4ccc5c(c4)c4ccccc4n5-c4cccc(-c5ccccc5)c4)cc3c3c4cccc5c4c(cc32)-c2ccccc2-5)c1.C=CC.CC. The van der Waals surface area contributed by atoms with Crippen molar-refractivity contribution in [1.29, 1.82) is 0 Å². The molecule has 66 heavy (non-hydrogen) atoms. The number of hydrogen-bond donors (Lipinski definition) is 0. The quantitative estimate of drug-likeness (QED) is 0.112. The summed E-state index contributed by atoms with van der Waals surface area (Å²) in [7, 11) is 0. The van der Waals surface area contributed by atoms with E-state index in [4.69, 9.17) is 0 Å². The van der Waals surface area contributed by atoms with Crippen molar-refractivity contribution < 1.29 is 0 Å². The Morgan fingerprint density at radius 2 is 0.955 bits per heavy atom. The van der Waals surface area contributed by atoms with Crippen LogP contribution in [0.2, 0.25) is 0 Å². The molecule has 0 saturated heterocycles. The molecule has 1 aliphatic carbocycles. The summed E-state index contributed by atoms with van der Waals surface area (Å²) in [4.78, 5) is 0. The Hall–Kier alpha value is -8.20. The molecular weight excluding hydrogens is 797 g/mol. The molecule has 0 saturated carbocycles. The Morgan fingerprint density at radius 3 is 1.70 bits per heavy atom. The minimum Gasteiger partial charge on any atom is -0.309 e. The van der Waals surface area contributed by atoms with Gasteiger partial charge in [0.15, 0.2) is 0 Å². The lowest BCUT2D eigenvalue weighted by molar-refractivity contribution is 1.18. The molecule has 0 fully saturated rings. The molecule has 2 aromatic heterocycles. The van der Waals surface area contributed by atoms with Crippen LogP contribution in [0.1, 0.15) is 33.3 Å². The van der Waals surface area contributed by atoms with E-state index in [9.17, 15) is 0 Å². The second-order valence-electron chi connectivity index (χ2n) is 16.5. The fourth-order valence-corrected chi connectivity index (χ4v) is 10.0. The van der Waals surface area contributed by atoms with Gasteiger partial charge in [-0.05, 0) is 141 Å². The predicted octanol–water partition coefficient (Wildman–Crippen LogP) is 18.4.